The van der Waals surface area contributed by atoms with Crippen LogP contribution in [0.4, 0.5) is 23.7 Å². The van der Waals surface area contributed by atoms with Gasteiger partial charge in [0.25, 0.3) is 0 Å². The van der Waals surface area contributed by atoms with Crippen molar-refractivity contribution in [3.63, 3.8) is 0 Å². The van der Waals surface area contributed by atoms with Crippen molar-refractivity contribution in [1.29, 1.82) is 5.26 Å². The van der Waals surface area contributed by atoms with E-state index in [1.165, 1.54) is 24.3 Å². The first kappa shape index (κ1) is 16.2. The largest absolute Gasteiger partial charge is 0.573 e. The highest BCUT2D eigenvalue weighted by Gasteiger charge is 2.30. The third kappa shape index (κ3) is 4.93. The van der Waals surface area contributed by atoms with Crippen LogP contribution in [0.5, 0.6) is 11.5 Å². The van der Waals surface area contributed by atoms with Gasteiger partial charge < -0.3 is 9.47 Å². The average molecular weight is 322 g/mol. The van der Waals surface area contributed by atoms with E-state index in [0.717, 1.165) is 12.1 Å². The molecule has 0 saturated carbocycles. The fourth-order valence-electron chi connectivity index (χ4n) is 1.63. The van der Waals surface area contributed by atoms with E-state index in [9.17, 15) is 18.0 Å². The number of hydrogen-bond donors (Lipinski definition) is 1. The van der Waals surface area contributed by atoms with Gasteiger partial charge in [0.1, 0.15) is 11.8 Å². The maximum absolute atomic E-state index is 12.0. The quantitative estimate of drug-likeness (QED) is 0.924. The van der Waals surface area contributed by atoms with Gasteiger partial charge in [0, 0.05) is 5.69 Å². The van der Waals surface area contributed by atoms with Crippen LogP contribution in [0.15, 0.2) is 48.5 Å². The van der Waals surface area contributed by atoms with E-state index < -0.39 is 18.2 Å². The Morgan fingerprint density at radius 2 is 1.74 bits per heavy atom. The molecule has 0 saturated heterocycles. The number of alkyl halides is 3. The number of ether oxygens (including phenoxy) is 2. The summed E-state index contributed by atoms with van der Waals surface area (Å²) in [7, 11) is 0. The van der Waals surface area contributed by atoms with E-state index in [4.69, 9.17) is 10.00 Å². The van der Waals surface area contributed by atoms with Crippen LogP contribution < -0.4 is 14.8 Å². The van der Waals surface area contributed by atoms with Gasteiger partial charge in [0.2, 0.25) is 0 Å². The van der Waals surface area contributed by atoms with Gasteiger partial charge in [-0.3, -0.25) is 5.32 Å². The number of nitrogens with one attached hydrogen (secondary N) is 1. The van der Waals surface area contributed by atoms with Crippen molar-refractivity contribution >= 4 is 11.8 Å². The molecule has 23 heavy (non-hydrogen) atoms. The minimum absolute atomic E-state index is 0.0736. The highest BCUT2D eigenvalue weighted by atomic mass is 19.4. The van der Waals surface area contributed by atoms with Crippen molar-refractivity contribution in [1.82, 2.24) is 0 Å². The van der Waals surface area contributed by atoms with Crippen LogP contribution in [0.3, 0.4) is 0 Å². The monoisotopic (exact) mass is 322 g/mol. The molecular formula is C15H9F3N2O3. The van der Waals surface area contributed by atoms with Crippen LogP contribution in [0.1, 0.15) is 5.56 Å². The molecule has 0 atom stereocenters. The lowest BCUT2D eigenvalue weighted by Crippen LogP contribution is -2.18. The lowest BCUT2D eigenvalue weighted by Gasteiger charge is -2.10. The molecule has 8 heteroatoms. The molecule has 1 N–H and O–H groups in total. The predicted octanol–water partition coefficient (Wildman–Crippen LogP) is 4.07. The molecule has 0 aliphatic rings. The predicted molar refractivity (Wildman–Crippen MR) is 73.9 cm³/mol. The van der Waals surface area contributed by atoms with E-state index in [1.54, 1.807) is 12.1 Å². The topological polar surface area (TPSA) is 71.3 Å². The second-order valence-corrected chi connectivity index (χ2v) is 4.19. The Bertz CT molecular complexity index is 737. The number of benzene rings is 2. The summed E-state index contributed by atoms with van der Waals surface area (Å²) in [6.45, 7) is 0. The van der Waals surface area contributed by atoms with Gasteiger partial charge in [-0.2, -0.15) is 5.26 Å². The second-order valence-electron chi connectivity index (χ2n) is 4.19. The van der Waals surface area contributed by atoms with Crippen molar-refractivity contribution in [3.05, 3.63) is 54.1 Å². The third-order valence-electron chi connectivity index (χ3n) is 2.54. The number of para-hydroxylation sites is 1. The molecule has 0 unspecified atom stereocenters. The van der Waals surface area contributed by atoms with Gasteiger partial charge in [-0.05, 0) is 36.4 Å². The van der Waals surface area contributed by atoms with E-state index in [-0.39, 0.29) is 17.0 Å². The first-order chi connectivity index (χ1) is 10.9. The van der Waals surface area contributed by atoms with Crippen molar-refractivity contribution in [2.75, 3.05) is 5.32 Å². The molecular weight excluding hydrogens is 313 g/mol. The Balaban J connectivity index is 1.99. The smallest absolute Gasteiger partial charge is 0.409 e. The summed E-state index contributed by atoms with van der Waals surface area (Å²) in [6.07, 6.45) is -5.66. The highest BCUT2D eigenvalue weighted by molar-refractivity contribution is 5.86. The van der Waals surface area contributed by atoms with Crippen molar-refractivity contribution < 1.29 is 27.4 Å². The van der Waals surface area contributed by atoms with Gasteiger partial charge in [-0.25, -0.2) is 4.79 Å². The summed E-state index contributed by atoms with van der Waals surface area (Å²) in [4.78, 5) is 11.7. The maximum atomic E-state index is 12.0. The summed E-state index contributed by atoms with van der Waals surface area (Å²) in [5.41, 5.74) is 0.385. The van der Waals surface area contributed by atoms with Crippen molar-refractivity contribution in [2.24, 2.45) is 0 Å². The van der Waals surface area contributed by atoms with Crippen LogP contribution in [0.2, 0.25) is 0 Å². The molecule has 118 valence electrons. The Labute approximate surface area is 128 Å². The number of nitriles is 1. The molecule has 0 heterocycles. The zero-order valence-electron chi connectivity index (χ0n) is 11.4. The lowest BCUT2D eigenvalue weighted by molar-refractivity contribution is -0.274. The third-order valence-corrected chi connectivity index (χ3v) is 2.54. The lowest BCUT2D eigenvalue weighted by atomic mass is 10.2. The Morgan fingerprint density at radius 3 is 2.35 bits per heavy atom. The zero-order valence-corrected chi connectivity index (χ0v) is 11.4. The standard InChI is InChI=1S/C15H9F3N2O3/c16-15(17,18)23-12-7-5-11(6-8-12)20-14(21)22-13-4-2-1-3-10(13)9-19/h1-8H,(H,20,21). The Kier molecular flexibility index (Phi) is 4.71. The minimum Gasteiger partial charge on any atom is -0.409 e. The molecule has 2 aromatic carbocycles. The molecule has 0 aliphatic carbocycles. The zero-order chi connectivity index (χ0) is 16.9. The molecule has 0 fully saturated rings. The summed E-state index contributed by atoms with van der Waals surface area (Å²) in [5, 5.41) is 11.2. The van der Waals surface area contributed by atoms with Crippen LogP contribution >= 0.6 is 0 Å². The molecule has 1 amide bonds. The molecule has 0 spiro atoms. The number of hydrogen-bond acceptors (Lipinski definition) is 4. The Morgan fingerprint density at radius 1 is 1.09 bits per heavy atom. The fraction of sp³-hybridized carbons (Fsp3) is 0.0667. The van der Waals surface area contributed by atoms with E-state index in [0.29, 0.717) is 0 Å². The average Bonchev–Trinajstić information content (AvgIpc) is 2.48. The molecule has 2 rings (SSSR count). The van der Waals surface area contributed by atoms with Gasteiger partial charge in [0.15, 0.2) is 5.75 Å². The number of rotatable bonds is 3. The highest BCUT2D eigenvalue weighted by Crippen LogP contribution is 2.24. The van der Waals surface area contributed by atoms with Crippen LogP contribution in [0.25, 0.3) is 0 Å². The first-order valence-electron chi connectivity index (χ1n) is 6.21. The molecule has 5 nitrogen and oxygen atoms in total. The molecule has 0 aliphatic heterocycles. The normalized spacial score (nSPS) is 10.5. The number of anilines is 1. The molecule has 0 aromatic heterocycles. The summed E-state index contributed by atoms with van der Waals surface area (Å²) in [5.74, 6) is -0.337. The van der Waals surface area contributed by atoms with Gasteiger partial charge in [-0.15, -0.1) is 13.2 Å². The first-order valence-corrected chi connectivity index (χ1v) is 6.21. The van der Waals surface area contributed by atoms with Crippen LogP contribution in [0, 0.1) is 11.3 Å². The van der Waals surface area contributed by atoms with Crippen LogP contribution in [-0.2, 0) is 0 Å². The van der Waals surface area contributed by atoms with E-state index in [2.05, 4.69) is 10.1 Å². The van der Waals surface area contributed by atoms with Gasteiger partial charge >= 0.3 is 12.5 Å². The molecule has 0 radical (unpaired) electrons. The fourth-order valence-corrected chi connectivity index (χ4v) is 1.63. The molecule has 2 aromatic rings. The van der Waals surface area contributed by atoms with Crippen LogP contribution in [-0.4, -0.2) is 12.5 Å². The Hall–Kier alpha value is -3.21. The molecule has 0 bridgehead atoms. The number of halogens is 3. The SMILES string of the molecule is N#Cc1ccccc1OC(=O)Nc1ccc(OC(F)(F)F)cc1. The summed E-state index contributed by atoms with van der Waals surface area (Å²) < 4.78 is 44.8. The summed E-state index contributed by atoms with van der Waals surface area (Å²) >= 11 is 0. The second kappa shape index (κ2) is 6.70. The van der Waals surface area contributed by atoms with Crippen molar-refractivity contribution in [2.45, 2.75) is 6.36 Å². The van der Waals surface area contributed by atoms with E-state index >= 15 is 0 Å². The minimum atomic E-state index is -4.78. The maximum Gasteiger partial charge on any atom is 0.573 e. The number of carbonyl (C=O) groups is 1. The number of amides is 1. The summed E-state index contributed by atoms with van der Waals surface area (Å²) in [6, 6.07) is 12.5. The number of nitrogens with zero attached hydrogens (tertiary/aromatic N) is 1. The van der Waals surface area contributed by atoms with E-state index in [1.807, 2.05) is 6.07 Å². The number of carbonyl (C=O) groups excluding carboxylic acids is 1. The van der Waals surface area contributed by atoms with Gasteiger partial charge in [-0.1, -0.05) is 12.1 Å². The van der Waals surface area contributed by atoms with Crippen molar-refractivity contribution in [3.8, 4) is 17.6 Å². The van der Waals surface area contributed by atoms with Gasteiger partial charge in [0.05, 0.1) is 5.56 Å².